The smallest absolute Gasteiger partial charge is 0.102 e. The molecule has 1 aromatic carbocycles. The molecule has 2 aromatic rings. The predicted octanol–water partition coefficient (Wildman–Crippen LogP) is 2.08. The number of benzene rings is 1. The molecule has 0 amide bonds. The van der Waals surface area contributed by atoms with Gasteiger partial charge in [0.2, 0.25) is 0 Å². The molecule has 80 valence electrons. The predicted molar refractivity (Wildman–Crippen MR) is 60.9 cm³/mol. The van der Waals surface area contributed by atoms with Crippen LogP contribution in [0.4, 0.5) is 0 Å². The van der Waals surface area contributed by atoms with Gasteiger partial charge in [-0.3, -0.25) is 0 Å². The topological polar surface area (TPSA) is 48.1 Å². The van der Waals surface area contributed by atoms with Gasteiger partial charge in [-0.05, 0) is 18.6 Å². The lowest BCUT2D eigenvalue weighted by molar-refractivity contribution is 0.0668. The number of hydrogen-bond acceptors (Lipinski definition) is 3. The number of nitrogens with two attached hydrogens (primary N) is 1. The van der Waals surface area contributed by atoms with Gasteiger partial charge in [0.15, 0.2) is 0 Å². The molecule has 3 atom stereocenters. The minimum atomic E-state index is 0.0668. The first-order valence-electron chi connectivity index (χ1n) is 5.63. The molecule has 3 heteroatoms. The Labute approximate surface area is 93.2 Å². The summed E-state index contributed by atoms with van der Waals surface area (Å²) in [6.45, 7) is 0. The van der Waals surface area contributed by atoms with Crippen molar-refractivity contribution >= 4 is 10.9 Å². The van der Waals surface area contributed by atoms with Crippen LogP contribution in [0.25, 0.3) is 10.9 Å². The molecule has 3 unspecified atom stereocenters. The summed E-state index contributed by atoms with van der Waals surface area (Å²) in [5.74, 6) is 0. The number of fused-ring (bicyclic) bond motifs is 6. The van der Waals surface area contributed by atoms with Crippen LogP contribution in [0.5, 0.6) is 0 Å². The summed E-state index contributed by atoms with van der Waals surface area (Å²) >= 11 is 0. The number of rotatable bonds is 0. The van der Waals surface area contributed by atoms with Gasteiger partial charge in [-0.2, -0.15) is 0 Å². The Bertz CT molecular complexity index is 581. The molecule has 16 heavy (non-hydrogen) atoms. The lowest BCUT2D eigenvalue weighted by atomic mass is 9.91. The Hall–Kier alpha value is -1.45. The van der Waals surface area contributed by atoms with E-state index in [1.54, 1.807) is 0 Å². The number of pyridine rings is 1. The Morgan fingerprint density at radius 1 is 1.31 bits per heavy atom. The fraction of sp³-hybridized carbons (Fsp3) is 0.308. The van der Waals surface area contributed by atoms with Crippen LogP contribution >= 0.6 is 0 Å². The maximum absolute atomic E-state index is 6.03. The monoisotopic (exact) mass is 212 g/mol. The molecule has 3 nitrogen and oxygen atoms in total. The summed E-state index contributed by atoms with van der Waals surface area (Å²) in [4.78, 5) is 4.69. The molecule has 1 aromatic heterocycles. The van der Waals surface area contributed by atoms with Crippen LogP contribution in [-0.4, -0.2) is 11.0 Å². The highest BCUT2D eigenvalue weighted by Gasteiger charge is 2.44. The van der Waals surface area contributed by atoms with Crippen LogP contribution in [0, 0.1) is 0 Å². The van der Waals surface area contributed by atoms with E-state index in [2.05, 4.69) is 12.1 Å². The molecule has 2 N–H and O–H groups in total. The van der Waals surface area contributed by atoms with E-state index >= 15 is 0 Å². The largest absolute Gasteiger partial charge is 0.362 e. The van der Waals surface area contributed by atoms with E-state index in [9.17, 15) is 0 Å². The minimum Gasteiger partial charge on any atom is -0.362 e. The molecule has 1 saturated heterocycles. The van der Waals surface area contributed by atoms with Crippen LogP contribution in [-0.2, 0) is 4.74 Å². The van der Waals surface area contributed by atoms with E-state index in [0.717, 1.165) is 17.6 Å². The molecule has 0 aliphatic carbocycles. The average Bonchev–Trinajstić information content (AvgIpc) is 2.84. The quantitative estimate of drug-likeness (QED) is 0.727. The van der Waals surface area contributed by atoms with Gasteiger partial charge in [0.05, 0.1) is 11.2 Å². The normalized spacial score (nSPS) is 30.9. The zero-order valence-electron chi connectivity index (χ0n) is 8.76. The van der Waals surface area contributed by atoms with Gasteiger partial charge in [0, 0.05) is 17.0 Å². The van der Waals surface area contributed by atoms with Gasteiger partial charge in [-0.25, -0.2) is 4.98 Å². The van der Waals surface area contributed by atoms with Gasteiger partial charge in [0.25, 0.3) is 0 Å². The van der Waals surface area contributed by atoms with Gasteiger partial charge in [-0.15, -0.1) is 0 Å². The van der Waals surface area contributed by atoms with Gasteiger partial charge in [0.1, 0.15) is 12.2 Å². The second-order valence-electron chi connectivity index (χ2n) is 4.60. The molecular weight excluding hydrogens is 200 g/mol. The van der Waals surface area contributed by atoms with Crippen LogP contribution in [0.1, 0.15) is 29.9 Å². The zero-order chi connectivity index (χ0) is 10.7. The molecule has 3 heterocycles. The van der Waals surface area contributed by atoms with Crippen molar-refractivity contribution in [3.63, 3.8) is 0 Å². The second kappa shape index (κ2) is 2.81. The Balaban J connectivity index is 2.01. The molecule has 2 aliphatic rings. The standard InChI is InChI=1S/C13H12N2O/c14-9-6-11-12-8(13(9)16-11)5-7-3-1-2-4-10(7)15-12/h1-5,9,11,13H,6,14H2. The van der Waals surface area contributed by atoms with Crippen molar-refractivity contribution in [1.29, 1.82) is 0 Å². The fourth-order valence-electron chi connectivity index (χ4n) is 2.82. The van der Waals surface area contributed by atoms with Crippen molar-refractivity contribution in [2.45, 2.75) is 24.7 Å². The van der Waals surface area contributed by atoms with Crippen LogP contribution in [0.3, 0.4) is 0 Å². The summed E-state index contributed by atoms with van der Waals surface area (Å²) < 4.78 is 5.84. The summed E-state index contributed by atoms with van der Waals surface area (Å²) in [5, 5.41) is 1.17. The number of hydrogen-bond donors (Lipinski definition) is 1. The highest BCUT2D eigenvalue weighted by atomic mass is 16.5. The van der Waals surface area contributed by atoms with E-state index < -0.39 is 0 Å². The first-order chi connectivity index (χ1) is 7.83. The van der Waals surface area contributed by atoms with E-state index in [1.165, 1.54) is 10.9 Å². The van der Waals surface area contributed by atoms with E-state index in [0.29, 0.717) is 0 Å². The number of aromatic nitrogens is 1. The lowest BCUT2D eigenvalue weighted by Crippen LogP contribution is -2.26. The molecule has 0 radical (unpaired) electrons. The molecule has 0 spiro atoms. The summed E-state index contributed by atoms with van der Waals surface area (Å²) in [6, 6.07) is 10.5. The van der Waals surface area contributed by atoms with Crippen LogP contribution < -0.4 is 5.73 Å². The molecule has 2 aliphatic heterocycles. The summed E-state index contributed by atoms with van der Waals surface area (Å²) in [7, 11) is 0. The van der Waals surface area contributed by atoms with Crippen molar-refractivity contribution in [2.24, 2.45) is 5.73 Å². The van der Waals surface area contributed by atoms with E-state index in [4.69, 9.17) is 15.5 Å². The maximum Gasteiger partial charge on any atom is 0.102 e. The first-order valence-corrected chi connectivity index (χ1v) is 5.63. The number of para-hydroxylation sites is 1. The number of nitrogens with zero attached hydrogens (tertiary/aromatic N) is 1. The molecule has 2 bridgehead atoms. The van der Waals surface area contributed by atoms with Crippen LogP contribution in [0.15, 0.2) is 30.3 Å². The Morgan fingerprint density at radius 2 is 2.19 bits per heavy atom. The summed E-state index contributed by atoms with van der Waals surface area (Å²) in [5.41, 5.74) is 9.37. The second-order valence-corrected chi connectivity index (χ2v) is 4.60. The average molecular weight is 212 g/mol. The van der Waals surface area contributed by atoms with Crippen LogP contribution in [0.2, 0.25) is 0 Å². The van der Waals surface area contributed by atoms with E-state index in [1.807, 2.05) is 18.2 Å². The Kier molecular flexibility index (Phi) is 1.52. The van der Waals surface area contributed by atoms with Crippen molar-refractivity contribution in [3.8, 4) is 0 Å². The third kappa shape index (κ3) is 0.970. The van der Waals surface area contributed by atoms with E-state index in [-0.39, 0.29) is 18.2 Å². The Morgan fingerprint density at radius 3 is 3.12 bits per heavy atom. The highest BCUT2D eigenvalue weighted by molar-refractivity contribution is 5.80. The van der Waals surface area contributed by atoms with Crippen molar-refractivity contribution in [1.82, 2.24) is 4.98 Å². The molecule has 0 saturated carbocycles. The van der Waals surface area contributed by atoms with Gasteiger partial charge in [-0.1, -0.05) is 18.2 Å². The van der Waals surface area contributed by atoms with Crippen molar-refractivity contribution in [2.75, 3.05) is 0 Å². The zero-order valence-corrected chi connectivity index (χ0v) is 8.76. The van der Waals surface area contributed by atoms with Crippen molar-refractivity contribution in [3.05, 3.63) is 41.6 Å². The SMILES string of the molecule is NC1CC2OC1c1cc3ccccc3nc12. The minimum absolute atomic E-state index is 0.0668. The number of ether oxygens (including phenoxy) is 1. The third-order valence-corrected chi connectivity index (χ3v) is 3.58. The molecule has 1 fully saturated rings. The highest BCUT2D eigenvalue weighted by Crippen LogP contribution is 2.49. The first kappa shape index (κ1) is 8.67. The molecular formula is C13H12N2O. The van der Waals surface area contributed by atoms with Gasteiger partial charge < -0.3 is 10.5 Å². The summed E-state index contributed by atoms with van der Waals surface area (Å²) in [6.07, 6.45) is 1.10. The molecule has 4 rings (SSSR count). The third-order valence-electron chi connectivity index (χ3n) is 3.58. The maximum atomic E-state index is 6.03. The fourth-order valence-corrected chi connectivity index (χ4v) is 2.82. The lowest BCUT2D eigenvalue weighted by Gasteiger charge is -2.17. The van der Waals surface area contributed by atoms with Gasteiger partial charge >= 0.3 is 0 Å². The van der Waals surface area contributed by atoms with Crippen molar-refractivity contribution < 1.29 is 4.74 Å².